The third kappa shape index (κ3) is 3.63. The summed E-state index contributed by atoms with van der Waals surface area (Å²) < 4.78 is 5.27. The molecule has 0 aliphatic rings. The molecule has 20 heavy (non-hydrogen) atoms. The van der Waals surface area contributed by atoms with Crippen LogP contribution in [0.25, 0.3) is 11.3 Å². The molecular formula is C15H17NO3S. The van der Waals surface area contributed by atoms with Crippen molar-refractivity contribution in [2.75, 3.05) is 0 Å². The van der Waals surface area contributed by atoms with E-state index in [2.05, 4.69) is 5.16 Å². The van der Waals surface area contributed by atoms with E-state index in [9.17, 15) is 4.79 Å². The Hall–Kier alpha value is -1.75. The van der Waals surface area contributed by atoms with E-state index < -0.39 is 11.2 Å². The number of carboxylic acids is 1. The number of carboxylic acid groups (broad SMARTS) is 1. The van der Waals surface area contributed by atoms with E-state index in [1.165, 1.54) is 11.8 Å². The van der Waals surface area contributed by atoms with Crippen LogP contribution in [0.1, 0.15) is 19.6 Å². The summed E-state index contributed by atoms with van der Waals surface area (Å²) in [6.07, 6.45) is 0. The fraction of sp³-hybridized carbons (Fsp3) is 0.333. The molecule has 1 heterocycles. The van der Waals surface area contributed by atoms with Crippen LogP contribution in [0.3, 0.4) is 0 Å². The fourth-order valence-electron chi connectivity index (χ4n) is 1.85. The van der Waals surface area contributed by atoms with E-state index in [0.717, 1.165) is 11.3 Å². The van der Waals surface area contributed by atoms with Gasteiger partial charge in [-0.05, 0) is 5.92 Å². The first kappa shape index (κ1) is 14.7. The number of hydrogen-bond acceptors (Lipinski definition) is 4. The zero-order valence-corrected chi connectivity index (χ0v) is 12.3. The Balaban J connectivity index is 2.02. The van der Waals surface area contributed by atoms with Gasteiger partial charge in [-0.25, -0.2) is 0 Å². The molecule has 0 radical (unpaired) electrons. The van der Waals surface area contributed by atoms with Crippen LogP contribution in [0.4, 0.5) is 0 Å². The highest BCUT2D eigenvalue weighted by Gasteiger charge is 2.22. The van der Waals surface area contributed by atoms with Gasteiger partial charge in [0.25, 0.3) is 0 Å². The van der Waals surface area contributed by atoms with Crippen molar-refractivity contribution in [3.05, 3.63) is 42.2 Å². The SMILES string of the molecule is CC(C)C(SCc1cc(-c2ccccc2)no1)C(=O)O. The zero-order valence-electron chi connectivity index (χ0n) is 11.4. The van der Waals surface area contributed by atoms with Crippen molar-refractivity contribution in [1.82, 2.24) is 5.16 Å². The summed E-state index contributed by atoms with van der Waals surface area (Å²) in [4.78, 5) is 11.1. The molecule has 0 aliphatic heterocycles. The molecule has 106 valence electrons. The fourth-order valence-corrected chi connectivity index (χ4v) is 2.85. The summed E-state index contributed by atoms with van der Waals surface area (Å²) in [6.45, 7) is 3.81. The van der Waals surface area contributed by atoms with E-state index in [1.807, 2.05) is 50.2 Å². The van der Waals surface area contributed by atoms with E-state index in [-0.39, 0.29) is 5.92 Å². The molecule has 0 aliphatic carbocycles. The number of aromatic nitrogens is 1. The normalized spacial score (nSPS) is 12.6. The lowest BCUT2D eigenvalue weighted by Crippen LogP contribution is -2.22. The average molecular weight is 291 g/mol. The van der Waals surface area contributed by atoms with Crippen LogP contribution in [0.2, 0.25) is 0 Å². The van der Waals surface area contributed by atoms with Crippen LogP contribution in [-0.2, 0) is 10.5 Å². The van der Waals surface area contributed by atoms with Crippen LogP contribution in [0.5, 0.6) is 0 Å². The largest absolute Gasteiger partial charge is 0.480 e. The van der Waals surface area contributed by atoms with Crippen molar-refractivity contribution in [3.8, 4) is 11.3 Å². The number of nitrogens with zero attached hydrogens (tertiary/aromatic N) is 1. The molecule has 1 N–H and O–H groups in total. The highest BCUT2D eigenvalue weighted by molar-refractivity contribution is 7.99. The predicted octanol–water partition coefficient (Wildman–Crippen LogP) is 3.68. The smallest absolute Gasteiger partial charge is 0.316 e. The summed E-state index contributed by atoms with van der Waals surface area (Å²) in [6, 6.07) is 11.6. The van der Waals surface area contributed by atoms with Gasteiger partial charge < -0.3 is 9.63 Å². The first-order valence-corrected chi connectivity index (χ1v) is 7.48. The number of rotatable bonds is 6. The van der Waals surface area contributed by atoms with Crippen molar-refractivity contribution in [2.45, 2.75) is 24.9 Å². The first-order chi connectivity index (χ1) is 9.58. The van der Waals surface area contributed by atoms with Gasteiger partial charge in [0.15, 0.2) is 0 Å². The van der Waals surface area contributed by atoms with Crippen LogP contribution < -0.4 is 0 Å². The Labute approximate surface area is 122 Å². The van der Waals surface area contributed by atoms with E-state index in [0.29, 0.717) is 11.5 Å². The molecule has 1 aromatic heterocycles. The van der Waals surface area contributed by atoms with Gasteiger partial charge in [-0.1, -0.05) is 49.3 Å². The number of benzene rings is 1. The molecule has 0 bridgehead atoms. The molecule has 2 rings (SSSR count). The molecule has 0 saturated heterocycles. The Morgan fingerprint density at radius 3 is 2.65 bits per heavy atom. The maximum atomic E-state index is 11.1. The van der Waals surface area contributed by atoms with Crippen LogP contribution in [-0.4, -0.2) is 21.5 Å². The van der Waals surface area contributed by atoms with Crippen molar-refractivity contribution in [2.24, 2.45) is 5.92 Å². The van der Waals surface area contributed by atoms with Crippen molar-refractivity contribution >= 4 is 17.7 Å². The highest BCUT2D eigenvalue weighted by atomic mass is 32.2. The molecule has 4 nitrogen and oxygen atoms in total. The molecule has 5 heteroatoms. The topological polar surface area (TPSA) is 63.3 Å². The predicted molar refractivity (Wildman–Crippen MR) is 79.5 cm³/mol. The lowest BCUT2D eigenvalue weighted by atomic mass is 10.1. The number of aliphatic carboxylic acids is 1. The van der Waals surface area contributed by atoms with Gasteiger partial charge in [0.2, 0.25) is 0 Å². The van der Waals surface area contributed by atoms with Gasteiger partial charge >= 0.3 is 5.97 Å². The molecule has 0 saturated carbocycles. The molecular weight excluding hydrogens is 274 g/mol. The van der Waals surface area contributed by atoms with Gasteiger partial charge in [0, 0.05) is 11.6 Å². The number of hydrogen-bond donors (Lipinski definition) is 1. The van der Waals surface area contributed by atoms with Gasteiger partial charge in [-0.2, -0.15) is 0 Å². The third-order valence-corrected chi connectivity index (χ3v) is 4.44. The van der Waals surface area contributed by atoms with Gasteiger partial charge in [0.05, 0.1) is 5.75 Å². The van der Waals surface area contributed by atoms with Crippen LogP contribution in [0, 0.1) is 5.92 Å². The molecule has 0 amide bonds. The molecule has 2 aromatic rings. The molecule has 1 atom stereocenters. The Kier molecular flexibility index (Phi) is 4.84. The average Bonchev–Trinajstić information content (AvgIpc) is 2.88. The summed E-state index contributed by atoms with van der Waals surface area (Å²) in [5, 5.41) is 12.7. The molecule has 1 unspecified atom stereocenters. The summed E-state index contributed by atoms with van der Waals surface area (Å²) >= 11 is 1.37. The highest BCUT2D eigenvalue weighted by Crippen LogP contribution is 2.26. The molecule has 0 fully saturated rings. The monoisotopic (exact) mass is 291 g/mol. The first-order valence-electron chi connectivity index (χ1n) is 6.43. The second-order valence-electron chi connectivity index (χ2n) is 4.86. The molecule has 1 aromatic carbocycles. The van der Waals surface area contributed by atoms with Crippen molar-refractivity contribution in [3.63, 3.8) is 0 Å². The Morgan fingerprint density at radius 2 is 2.05 bits per heavy atom. The zero-order chi connectivity index (χ0) is 14.5. The maximum absolute atomic E-state index is 11.1. The van der Waals surface area contributed by atoms with Crippen molar-refractivity contribution < 1.29 is 14.4 Å². The van der Waals surface area contributed by atoms with Gasteiger partial charge in [-0.15, -0.1) is 11.8 Å². The minimum Gasteiger partial charge on any atom is -0.480 e. The number of carbonyl (C=O) groups is 1. The van der Waals surface area contributed by atoms with E-state index >= 15 is 0 Å². The van der Waals surface area contributed by atoms with Gasteiger partial charge in [0.1, 0.15) is 16.7 Å². The van der Waals surface area contributed by atoms with Gasteiger partial charge in [-0.3, -0.25) is 4.79 Å². The lowest BCUT2D eigenvalue weighted by molar-refractivity contribution is -0.137. The Bertz CT molecular complexity index is 566. The summed E-state index contributed by atoms with van der Waals surface area (Å²) in [5.41, 5.74) is 1.77. The Morgan fingerprint density at radius 1 is 1.35 bits per heavy atom. The second kappa shape index (κ2) is 6.61. The second-order valence-corrected chi connectivity index (χ2v) is 5.99. The summed E-state index contributed by atoms with van der Waals surface area (Å²) in [5.74, 6) is 0.497. The summed E-state index contributed by atoms with van der Waals surface area (Å²) in [7, 11) is 0. The quantitative estimate of drug-likeness (QED) is 0.879. The molecule has 0 spiro atoms. The lowest BCUT2D eigenvalue weighted by Gasteiger charge is -2.14. The van der Waals surface area contributed by atoms with E-state index in [1.54, 1.807) is 0 Å². The minimum absolute atomic E-state index is 0.0778. The van der Waals surface area contributed by atoms with Crippen LogP contribution in [0.15, 0.2) is 40.9 Å². The standard InChI is InChI=1S/C15H17NO3S/c1-10(2)14(15(17)18)20-9-12-8-13(16-19-12)11-6-4-3-5-7-11/h3-8,10,14H,9H2,1-2H3,(H,17,18). The minimum atomic E-state index is -0.784. The van der Waals surface area contributed by atoms with Crippen molar-refractivity contribution in [1.29, 1.82) is 0 Å². The van der Waals surface area contributed by atoms with E-state index in [4.69, 9.17) is 9.63 Å². The maximum Gasteiger partial charge on any atom is 0.316 e. The third-order valence-electron chi connectivity index (χ3n) is 2.88. The van der Waals surface area contributed by atoms with Crippen LogP contribution >= 0.6 is 11.8 Å². The number of thioether (sulfide) groups is 1.